The SMILES string of the molecule is CC(=O)N1CCC(N2CC3CC(C2)c2c(NC(=O)c4ccc(F)cc4)ccc(=O)n2C3)CC1. The first-order chi connectivity index (χ1) is 15.9. The number of fused-ring (bicyclic) bond motifs is 4. The summed E-state index contributed by atoms with van der Waals surface area (Å²) in [5.41, 5.74) is 1.88. The highest BCUT2D eigenvalue weighted by molar-refractivity contribution is 6.04. The van der Waals surface area contributed by atoms with E-state index in [0.29, 0.717) is 29.8 Å². The van der Waals surface area contributed by atoms with Crippen LogP contribution in [0, 0.1) is 11.7 Å². The summed E-state index contributed by atoms with van der Waals surface area (Å²) in [6.07, 6.45) is 2.93. The van der Waals surface area contributed by atoms with Gasteiger partial charge in [0.1, 0.15) is 5.82 Å². The maximum Gasteiger partial charge on any atom is 0.255 e. The van der Waals surface area contributed by atoms with Gasteiger partial charge >= 0.3 is 0 Å². The molecule has 174 valence electrons. The molecule has 2 saturated heterocycles. The van der Waals surface area contributed by atoms with E-state index in [1.54, 1.807) is 13.0 Å². The Kier molecular flexibility index (Phi) is 5.78. The summed E-state index contributed by atoms with van der Waals surface area (Å²) in [5.74, 6) is -0.0251. The van der Waals surface area contributed by atoms with Gasteiger partial charge in [-0.25, -0.2) is 4.39 Å². The van der Waals surface area contributed by atoms with Crippen molar-refractivity contribution < 1.29 is 14.0 Å². The van der Waals surface area contributed by atoms with E-state index < -0.39 is 5.82 Å². The number of carbonyl (C=O) groups is 2. The highest BCUT2D eigenvalue weighted by Crippen LogP contribution is 2.40. The first kappa shape index (κ1) is 21.8. The van der Waals surface area contributed by atoms with Crippen molar-refractivity contribution in [1.29, 1.82) is 0 Å². The van der Waals surface area contributed by atoms with Gasteiger partial charge in [0.25, 0.3) is 11.5 Å². The highest BCUT2D eigenvalue weighted by Gasteiger charge is 2.39. The molecule has 33 heavy (non-hydrogen) atoms. The second kappa shape index (κ2) is 8.74. The number of hydrogen-bond donors (Lipinski definition) is 1. The van der Waals surface area contributed by atoms with E-state index >= 15 is 0 Å². The van der Waals surface area contributed by atoms with Crippen LogP contribution in [0.4, 0.5) is 10.1 Å². The molecular weight excluding hydrogens is 423 g/mol. The lowest BCUT2D eigenvalue weighted by Crippen LogP contribution is -2.53. The fourth-order valence-electron chi connectivity index (χ4n) is 5.80. The zero-order valence-electron chi connectivity index (χ0n) is 18.8. The zero-order chi connectivity index (χ0) is 23.1. The van der Waals surface area contributed by atoms with E-state index in [9.17, 15) is 18.8 Å². The van der Waals surface area contributed by atoms with Gasteiger partial charge in [-0.3, -0.25) is 19.3 Å². The van der Waals surface area contributed by atoms with Crippen LogP contribution in [0.25, 0.3) is 0 Å². The normalized spacial score (nSPS) is 23.2. The Balaban J connectivity index is 1.37. The third kappa shape index (κ3) is 4.31. The Morgan fingerprint density at radius 1 is 1.00 bits per heavy atom. The van der Waals surface area contributed by atoms with Gasteiger partial charge in [-0.15, -0.1) is 0 Å². The van der Waals surface area contributed by atoms with Crippen LogP contribution in [0.1, 0.15) is 48.2 Å². The van der Waals surface area contributed by atoms with Gasteiger partial charge in [0, 0.05) is 68.9 Å². The standard InChI is InChI=1S/C25H29FN4O3/c1-16(31)28-10-8-21(9-11-28)29-13-17-12-19(15-29)24-22(6-7-23(32)30(24)14-17)27-25(33)18-2-4-20(26)5-3-18/h2-7,17,19,21H,8-15H2,1H3,(H,27,33). The van der Waals surface area contributed by atoms with Crippen LogP contribution in [0.2, 0.25) is 0 Å². The van der Waals surface area contributed by atoms with Gasteiger partial charge in [-0.2, -0.15) is 0 Å². The van der Waals surface area contributed by atoms with Crippen molar-refractivity contribution >= 4 is 17.5 Å². The van der Waals surface area contributed by atoms with Crippen molar-refractivity contribution in [1.82, 2.24) is 14.4 Å². The molecule has 7 nitrogen and oxygen atoms in total. The smallest absolute Gasteiger partial charge is 0.255 e. The van der Waals surface area contributed by atoms with E-state index in [4.69, 9.17) is 0 Å². The molecular formula is C25H29FN4O3. The van der Waals surface area contributed by atoms with Crippen LogP contribution < -0.4 is 10.9 Å². The van der Waals surface area contributed by atoms with E-state index in [2.05, 4.69) is 10.2 Å². The zero-order valence-corrected chi connectivity index (χ0v) is 18.8. The van der Waals surface area contributed by atoms with Crippen LogP contribution in [-0.2, 0) is 11.3 Å². The molecule has 0 radical (unpaired) electrons. The Bertz CT molecular complexity index is 1120. The number of carbonyl (C=O) groups excluding carboxylic acids is 2. The summed E-state index contributed by atoms with van der Waals surface area (Å²) in [5, 5.41) is 2.97. The molecule has 2 unspecified atom stereocenters. The Hall–Kier alpha value is -3.00. The fraction of sp³-hybridized carbons (Fsp3) is 0.480. The van der Waals surface area contributed by atoms with E-state index in [1.807, 2.05) is 9.47 Å². The highest BCUT2D eigenvalue weighted by atomic mass is 19.1. The number of aromatic nitrogens is 1. The average molecular weight is 453 g/mol. The second-order valence-electron chi connectivity index (χ2n) is 9.53. The van der Waals surface area contributed by atoms with Gasteiger partial charge in [0.2, 0.25) is 5.91 Å². The molecule has 0 aliphatic carbocycles. The molecule has 1 aromatic carbocycles. The molecule has 0 spiro atoms. The lowest BCUT2D eigenvalue weighted by atomic mass is 9.81. The Labute approximate surface area is 192 Å². The van der Waals surface area contributed by atoms with Gasteiger partial charge in [0.15, 0.2) is 0 Å². The summed E-state index contributed by atoms with van der Waals surface area (Å²) in [4.78, 5) is 41.6. The monoisotopic (exact) mass is 452 g/mol. The van der Waals surface area contributed by atoms with E-state index in [0.717, 1.165) is 51.1 Å². The second-order valence-corrected chi connectivity index (χ2v) is 9.53. The van der Waals surface area contributed by atoms with Crippen molar-refractivity contribution in [3.8, 4) is 0 Å². The number of benzene rings is 1. The summed E-state index contributed by atoms with van der Waals surface area (Å²) in [6, 6.07) is 9.09. The van der Waals surface area contributed by atoms with E-state index in [1.165, 1.54) is 30.3 Å². The quantitative estimate of drug-likeness (QED) is 0.777. The van der Waals surface area contributed by atoms with Crippen LogP contribution in [0.5, 0.6) is 0 Å². The van der Waals surface area contributed by atoms with Crippen molar-refractivity contribution in [2.45, 2.75) is 44.7 Å². The lowest BCUT2D eigenvalue weighted by Gasteiger charge is -2.47. The topological polar surface area (TPSA) is 74.7 Å². The number of pyridine rings is 1. The van der Waals surface area contributed by atoms with Crippen molar-refractivity contribution in [2.75, 3.05) is 31.5 Å². The molecule has 8 heteroatoms. The van der Waals surface area contributed by atoms with Crippen molar-refractivity contribution in [3.63, 3.8) is 0 Å². The third-order valence-corrected chi connectivity index (χ3v) is 7.40. The molecule has 4 heterocycles. The predicted octanol–water partition coefficient (Wildman–Crippen LogP) is 2.67. The molecule has 2 fully saturated rings. The number of piperidine rings is 2. The van der Waals surface area contributed by atoms with Gasteiger partial charge < -0.3 is 14.8 Å². The predicted molar refractivity (Wildman–Crippen MR) is 123 cm³/mol. The van der Waals surface area contributed by atoms with Crippen molar-refractivity contribution in [2.24, 2.45) is 5.92 Å². The molecule has 2 bridgehead atoms. The summed E-state index contributed by atoms with van der Waals surface area (Å²) in [6.45, 7) is 5.65. The maximum absolute atomic E-state index is 13.2. The first-order valence-electron chi connectivity index (χ1n) is 11.7. The Morgan fingerprint density at radius 3 is 2.42 bits per heavy atom. The minimum Gasteiger partial charge on any atom is -0.343 e. The minimum atomic E-state index is -0.391. The molecule has 0 saturated carbocycles. The van der Waals surface area contributed by atoms with Gasteiger partial charge in [-0.05, 0) is 55.5 Å². The minimum absolute atomic E-state index is 0.0392. The number of halogens is 1. The summed E-state index contributed by atoms with van der Waals surface area (Å²) in [7, 11) is 0. The first-order valence-corrected chi connectivity index (χ1v) is 11.7. The number of amides is 2. The average Bonchev–Trinajstić information content (AvgIpc) is 2.81. The lowest BCUT2D eigenvalue weighted by molar-refractivity contribution is -0.130. The third-order valence-electron chi connectivity index (χ3n) is 7.40. The van der Waals surface area contributed by atoms with Crippen molar-refractivity contribution in [3.05, 3.63) is 63.8 Å². The molecule has 5 rings (SSSR count). The Morgan fingerprint density at radius 2 is 1.73 bits per heavy atom. The number of anilines is 1. The van der Waals surface area contributed by atoms with Crippen LogP contribution in [0.3, 0.4) is 0 Å². The van der Waals surface area contributed by atoms with Crippen LogP contribution in [-0.4, -0.2) is 58.4 Å². The molecule has 1 aromatic heterocycles. The number of nitrogens with one attached hydrogen (secondary N) is 1. The molecule has 3 aliphatic heterocycles. The number of rotatable bonds is 3. The number of nitrogens with zero attached hydrogens (tertiary/aromatic N) is 3. The largest absolute Gasteiger partial charge is 0.343 e. The molecule has 1 N–H and O–H groups in total. The number of likely N-dealkylation sites (tertiary alicyclic amines) is 2. The molecule has 2 amide bonds. The summed E-state index contributed by atoms with van der Waals surface area (Å²) >= 11 is 0. The fourth-order valence-corrected chi connectivity index (χ4v) is 5.80. The van der Waals surface area contributed by atoms with Gasteiger partial charge in [-0.1, -0.05) is 0 Å². The molecule has 2 atom stereocenters. The molecule has 3 aliphatic rings. The van der Waals surface area contributed by atoms with E-state index in [-0.39, 0.29) is 23.3 Å². The van der Waals surface area contributed by atoms with Crippen LogP contribution in [0.15, 0.2) is 41.2 Å². The maximum atomic E-state index is 13.2. The number of hydrogen-bond acceptors (Lipinski definition) is 4. The molecule has 2 aromatic rings. The summed E-state index contributed by atoms with van der Waals surface area (Å²) < 4.78 is 15.1. The van der Waals surface area contributed by atoms with Crippen LogP contribution >= 0.6 is 0 Å². The van der Waals surface area contributed by atoms with Gasteiger partial charge in [0.05, 0.1) is 5.69 Å².